The molecule has 2 aromatic rings. The molecule has 2 heterocycles. The van der Waals surface area contributed by atoms with E-state index in [0.717, 1.165) is 24.4 Å². The third-order valence-corrected chi connectivity index (χ3v) is 5.25. The van der Waals surface area contributed by atoms with Gasteiger partial charge in [0.2, 0.25) is 5.82 Å². The number of carbonyl (C=O) groups excluding carboxylic acids is 1. The second-order valence-electron chi connectivity index (χ2n) is 7.33. The molecule has 6 nitrogen and oxygen atoms in total. The van der Waals surface area contributed by atoms with Crippen molar-refractivity contribution in [3.8, 4) is 5.69 Å². The number of halogens is 2. The second kappa shape index (κ2) is 9.04. The zero-order valence-corrected chi connectivity index (χ0v) is 17.5. The van der Waals surface area contributed by atoms with E-state index >= 15 is 0 Å². The first-order valence-corrected chi connectivity index (χ1v) is 9.53. The number of aromatic nitrogens is 3. The van der Waals surface area contributed by atoms with Crippen LogP contribution in [-0.4, -0.2) is 44.7 Å². The molecule has 1 aliphatic rings. The van der Waals surface area contributed by atoms with Crippen LogP contribution in [0.2, 0.25) is 5.02 Å². The van der Waals surface area contributed by atoms with Crippen LogP contribution in [-0.2, 0) is 0 Å². The summed E-state index contributed by atoms with van der Waals surface area (Å²) in [4.78, 5) is 19.5. The Morgan fingerprint density at radius 2 is 2.07 bits per heavy atom. The summed E-state index contributed by atoms with van der Waals surface area (Å²) in [5, 5.41) is 5.09. The average molecular weight is 412 g/mol. The molecule has 1 saturated heterocycles. The quantitative estimate of drug-likeness (QED) is 0.832. The van der Waals surface area contributed by atoms with Gasteiger partial charge in [0.25, 0.3) is 5.91 Å². The van der Waals surface area contributed by atoms with Crippen LogP contribution < -0.4 is 5.73 Å². The fraction of sp³-hybridized carbons (Fsp3) is 0.526. The number of likely N-dealkylation sites (tertiary alicyclic amines) is 1. The maximum Gasteiger partial charge on any atom is 0.293 e. The molecule has 1 aromatic carbocycles. The van der Waals surface area contributed by atoms with E-state index in [4.69, 9.17) is 17.3 Å². The Bertz CT molecular complexity index is 792. The van der Waals surface area contributed by atoms with E-state index in [1.54, 1.807) is 10.7 Å². The van der Waals surface area contributed by atoms with Crippen molar-refractivity contribution in [3.05, 3.63) is 40.9 Å². The van der Waals surface area contributed by atoms with E-state index in [1.807, 2.05) is 36.9 Å². The summed E-state index contributed by atoms with van der Waals surface area (Å²) in [6.45, 7) is 7.40. The number of amides is 1. The summed E-state index contributed by atoms with van der Waals surface area (Å²) in [5.41, 5.74) is 6.64. The number of benzene rings is 1. The number of rotatable bonds is 4. The molecule has 0 saturated carbocycles. The standard InChI is InChI=1S/C19H26ClN5O.ClH/c1-12(2)18-22-17(23-25(18)16-7-5-4-6-15(16)20)19(26)24-9-8-13(3)10-14(24)11-21;/h4-7,12-14H,8-11,21H2,1-3H3;1H. The molecule has 0 bridgehead atoms. The molecular weight excluding hydrogens is 385 g/mol. The average Bonchev–Trinajstić information content (AvgIpc) is 3.07. The third-order valence-electron chi connectivity index (χ3n) is 4.93. The SMILES string of the molecule is CC1CCN(C(=O)c2nc(C(C)C)n(-c3ccccc3Cl)n2)C(CN)C1.Cl. The van der Waals surface area contributed by atoms with Gasteiger partial charge in [-0.3, -0.25) is 4.79 Å². The predicted octanol–water partition coefficient (Wildman–Crippen LogP) is 3.67. The van der Waals surface area contributed by atoms with Gasteiger partial charge in [-0.25, -0.2) is 9.67 Å². The monoisotopic (exact) mass is 411 g/mol. The smallest absolute Gasteiger partial charge is 0.293 e. The van der Waals surface area contributed by atoms with Gasteiger partial charge in [0.1, 0.15) is 5.82 Å². The molecule has 1 aromatic heterocycles. The topological polar surface area (TPSA) is 77.0 Å². The minimum absolute atomic E-state index is 0. The molecule has 8 heteroatoms. The van der Waals surface area contributed by atoms with Gasteiger partial charge >= 0.3 is 0 Å². The molecule has 0 aliphatic carbocycles. The van der Waals surface area contributed by atoms with Crippen LogP contribution in [0.4, 0.5) is 0 Å². The van der Waals surface area contributed by atoms with Crippen molar-refractivity contribution in [3.63, 3.8) is 0 Å². The molecule has 0 spiro atoms. The summed E-state index contributed by atoms with van der Waals surface area (Å²) >= 11 is 6.33. The first-order chi connectivity index (χ1) is 12.4. The van der Waals surface area contributed by atoms with Gasteiger partial charge in [-0.15, -0.1) is 17.5 Å². The molecule has 2 atom stereocenters. The minimum atomic E-state index is -0.153. The third kappa shape index (κ3) is 4.45. The number of hydrogen-bond donors (Lipinski definition) is 1. The lowest BCUT2D eigenvalue weighted by molar-refractivity contribution is 0.0561. The second-order valence-corrected chi connectivity index (χ2v) is 7.74. The highest BCUT2D eigenvalue weighted by atomic mass is 35.5. The minimum Gasteiger partial charge on any atom is -0.332 e. The van der Waals surface area contributed by atoms with Crippen LogP contribution >= 0.6 is 24.0 Å². The van der Waals surface area contributed by atoms with E-state index < -0.39 is 0 Å². The van der Waals surface area contributed by atoms with Crippen molar-refractivity contribution in [1.29, 1.82) is 0 Å². The Hall–Kier alpha value is -1.63. The van der Waals surface area contributed by atoms with Crippen LogP contribution in [0.25, 0.3) is 5.69 Å². The summed E-state index contributed by atoms with van der Waals surface area (Å²) in [6.07, 6.45) is 1.90. The van der Waals surface area contributed by atoms with Crippen molar-refractivity contribution >= 4 is 29.9 Å². The van der Waals surface area contributed by atoms with Crippen LogP contribution in [0.15, 0.2) is 24.3 Å². The lowest BCUT2D eigenvalue weighted by Crippen LogP contribution is -2.49. The van der Waals surface area contributed by atoms with Gasteiger partial charge in [0.15, 0.2) is 0 Å². The maximum absolute atomic E-state index is 13.1. The number of para-hydroxylation sites is 1. The summed E-state index contributed by atoms with van der Waals surface area (Å²) in [7, 11) is 0. The zero-order chi connectivity index (χ0) is 18.8. The molecule has 1 amide bonds. The van der Waals surface area contributed by atoms with Crippen LogP contribution in [0, 0.1) is 5.92 Å². The molecule has 1 fully saturated rings. The molecule has 148 valence electrons. The molecule has 2 unspecified atom stereocenters. The lowest BCUT2D eigenvalue weighted by atomic mass is 9.92. The van der Waals surface area contributed by atoms with Crippen LogP contribution in [0.5, 0.6) is 0 Å². The normalized spacial score (nSPS) is 19.9. The number of nitrogens with zero attached hydrogens (tertiary/aromatic N) is 4. The van der Waals surface area contributed by atoms with Gasteiger partial charge in [-0.05, 0) is 30.9 Å². The highest BCUT2D eigenvalue weighted by molar-refractivity contribution is 6.32. The fourth-order valence-electron chi connectivity index (χ4n) is 3.46. The van der Waals surface area contributed by atoms with Crippen LogP contribution in [0.3, 0.4) is 0 Å². The van der Waals surface area contributed by atoms with E-state index in [1.165, 1.54) is 0 Å². The first-order valence-electron chi connectivity index (χ1n) is 9.15. The first kappa shape index (κ1) is 21.7. The van der Waals surface area contributed by atoms with Gasteiger partial charge in [-0.1, -0.05) is 44.5 Å². The molecule has 3 rings (SSSR count). The predicted molar refractivity (Wildman–Crippen MR) is 110 cm³/mol. The summed E-state index contributed by atoms with van der Waals surface area (Å²) in [5.74, 6) is 1.46. The van der Waals surface area contributed by atoms with Gasteiger partial charge < -0.3 is 10.6 Å². The molecule has 2 N–H and O–H groups in total. The van der Waals surface area contributed by atoms with Crippen molar-refractivity contribution in [2.45, 2.75) is 45.6 Å². The Balaban J connectivity index is 0.00000261. The fourth-order valence-corrected chi connectivity index (χ4v) is 3.68. The van der Waals surface area contributed by atoms with E-state index in [-0.39, 0.29) is 36.1 Å². The van der Waals surface area contributed by atoms with Crippen LogP contribution in [0.1, 0.15) is 56.0 Å². The van der Waals surface area contributed by atoms with Gasteiger partial charge in [-0.2, -0.15) is 0 Å². The highest BCUT2D eigenvalue weighted by Gasteiger charge is 2.32. The molecule has 0 radical (unpaired) electrons. The number of hydrogen-bond acceptors (Lipinski definition) is 4. The summed E-state index contributed by atoms with van der Waals surface area (Å²) in [6, 6.07) is 7.49. The summed E-state index contributed by atoms with van der Waals surface area (Å²) < 4.78 is 1.68. The Morgan fingerprint density at radius 1 is 1.37 bits per heavy atom. The maximum atomic E-state index is 13.1. The van der Waals surface area contributed by atoms with Gasteiger partial charge in [0, 0.05) is 25.0 Å². The molecule has 1 aliphatic heterocycles. The Labute approximate surface area is 171 Å². The van der Waals surface area contributed by atoms with E-state index in [2.05, 4.69) is 17.0 Å². The number of nitrogens with two attached hydrogens (primary N) is 1. The highest BCUT2D eigenvalue weighted by Crippen LogP contribution is 2.26. The van der Waals surface area contributed by atoms with Crippen molar-refractivity contribution in [1.82, 2.24) is 19.7 Å². The Kier molecular flexibility index (Phi) is 7.25. The Morgan fingerprint density at radius 3 is 2.70 bits per heavy atom. The molecule has 27 heavy (non-hydrogen) atoms. The van der Waals surface area contributed by atoms with Gasteiger partial charge in [0.05, 0.1) is 10.7 Å². The largest absolute Gasteiger partial charge is 0.332 e. The van der Waals surface area contributed by atoms with Crippen molar-refractivity contribution < 1.29 is 4.79 Å². The number of carbonyl (C=O) groups is 1. The lowest BCUT2D eigenvalue weighted by Gasteiger charge is -2.37. The van der Waals surface area contributed by atoms with E-state index in [9.17, 15) is 4.79 Å². The van der Waals surface area contributed by atoms with Crippen molar-refractivity contribution in [2.75, 3.05) is 13.1 Å². The number of piperidine rings is 1. The molecular formula is C19H27Cl2N5O. The van der Waals surface area contributed by atoms with E-state index in [0.29, 0.717) is 24.0 Å². The zero-order valence-electron chi connectivity index (χ0n) is 15.9. The van der Waals surface area contributed by atoms with Crippen molar-refractivity contribution in [2.24, 2.45) is 11.7 Å².